The van der Waals surface area contributed by atoms with E-state index in [1.807, 2.05) is 38.1 Å². The molecule has 36 heavy (non-hydrogen) atoms. The van der Waals surface area contributed by atoms with E-state index in [1.165, 1.54) is 13.2 Å². The van der Waals surface area contributed by atoms with Crippen LogP contribution >= 0.6 is 31.9 Å². The molecular formula is C27H22Br2N2O5. The zero-order valence-corrected chi connectivity index (χ0v) is 22.9. The Kier molecular flexibility index (Phi) is 7.61. The van der Waals surface area contributed by atoms with Crippen LogP contribution in [0.2, 0.25) is 0 Å². The van der Waals surface area contributed by atoms with Gasteiger partial charge in [0.1, 0.15) is 12.2 Å². The number of imide groups is 2. The van der Waals surface area contributed by atoms with Crippen LogP contribution in [0.25, 0.3) is 6.08 Å². The quantitative estimate of drug-likeness (QED) is 0.269. The molecule has 1 fully saturated rings. The summed E-state index contributed by atoms with van der Waals surface area (Å²) in [7, 11) is 1.51. The molecule has 1 aliphatic rings. The number of benzene rings is 3. The first kappa shape index (κ1) is 25.7. The van der Waals surface area contributed by atoms with Gasteiger partial charge < -0.3 is 9.47 Å². The van der Waals surface area contributed by atoms with Gasteiger partial charge in [0.05, 0.1) is 12.8 Å². The van der Waals surface area contributed by atoms with Crippen molar-refractivity contribution < 1.29 is 23.9 Å². The summed E-state index contributed by atoms with van der Waals surface area (Å²) in [6, 6.07) is 15.3. The second kappa shape index (κ2) is 10.7. The Hall–Kier alpha value is -3.43. The van der Waals surface area contributed by atoms with Crippen molar-refractivity contribution in [2.24, 2.45) is 0 Å². The number of aryl methyl sites for hydroxylation is 2. The van der Waals surface area contributed by atoms with Gasteiger partial charge in [-0.3, -0.25) is 14.9 Å². The lowest BCUT2D eigenvalue weighted by atomic mass is 10.0. The van der Waals surface area contributed by atoms with Crippen molar-refractivity contribution in [3.8, 4) is 11.5 Å². The number of ether oxygens (including phenoxy) is 2. The lowest BCUT2D eigenvalue weighted by Crippen LogP contribution is -2.54. The molecule has 3 aromatic rings. The second-order valence-electron chi connectivity index (χ2n) is 8.16. The zero-order chi connectivity index (χ0) is 26.0. The van der Waals surface area contributed by atoms with Gasteiger partial charge in [-0.1, -0.05) is 50.1 Å². The van der Waals surface area contributed by atoms with Crippen molar-refractivity contribution in [3.63, 3.8) is 0 Å². The van der Waals surface area contributed by atoms with Gasteiger partial charge in [0.25, 0.3) is 11.8 Å². The van der Waals surface area contributed by atoms with E-state index in [9.17, 15) is 14.4 Å². The Bertz CT molecular complexity index is 1420. The van der Waals surface area contributed by atoms with Crippen LogP contribution in [-0.2, 0) is 16.2 Å². The minimum absolute atomic E-state index is 0.164. The number of halogens is 2. The first-order valence-electron chi connectivity index (χ1n) is 10.9. The molecule has 9 heteroatoms. The maximum absolute atomic E-state index is 13.2. The predicted molar refractivity (Wildman–Crippen MR) is 144 cm³/mol. The van der Waals surface area contributed by atoms with Gasteiger partial charge in [-0.2, -0.15) is 0 Å². The molecule has 0 bridgehead atoms. The SMILES string of the molecule is COc1cc(/C=C2\C(=O)NC(=O)N(c3ccc(C)c(C)c3)C2=O)ccc1OCc1ccc(Br)cc1Br. The van der Waals surface area contributed by atoms with Gasteiger partial charge in [0, 0.05) is 14.5 Å². The maximum atomic E-state index is 13.2. The van der Waals surface area contributed by atoms with Crippen LogP contribution in [0.1, 0.15) is 22.3 Å². The molecule has 4 amide bonds. The van der Waals surface area contributed by atoms with Crippen LogP contribution in [-0.4, -0.2) is 25.0 Å². The number of barbiturate groups is 1. The van der Waals surface area contributed by atoms with E-state index in [4.69, 9.17) is 9.47 Å². The van der Waals surface area contributed by atoms with Gasteiger partial charge in [-0.05, 0) is 73.0 Å². The fourth-order valence-corrected chi connectivity index (χ4v) is 4.77. The minimum Gasteiger partial charge on any atom is -0.493 e. The minimum atomic E-state index is -0.786. The third-order valence-corrected chi connectivity index (χ3v) is 6.98. The highest BCUT2D eigenvalue weighted by Crippen LogP contribution is 2.32. The van der Waals surface area contributed by atoms with Crippen molar-refractivity contribution in [3.05, 3.63) is 91.4 Å². The molecule has 0 atom stereocenters. The highest BCUT2D eigenvalue weighted by atomic mass is 79.9. The summed E-state index contributed by atoms with van der Waals surface area (Å²) in [6.45, 7) is 4.13. The van der Waals surface area contributed by atoms with Crippen molar-refractivity contribution in [1.29, 1.82) is 0 Å². The number of urea groups is 1. The molecular weight excluding hydrogens is 592 g/mol. The lowest BCUT2D eigenvalue weighted by Gasteiger charge is -2.26. The van der Waals surface area contributed by atoms with E-state index in [-0.39, 0.29) is 5.57 Å². The van der Waals surface area contributed by atoms with Crippen LogP contribution in [0.4, 0.5) is 10.5 Å². The second-order valence-corrected chi connectivity index (χ2v) is 9.93. The normalized spacial score (nSPS) is 14.8. The zero-order valence-electron chi connectivity index (χ0n) is 19.7. The Morgan fingerprint density at radius 2 is 1.69 bits per heavy atom. The Labute approximate surface area is 225 Å². The molecule has 0 aliphatic carbocycles. The van der Waals surface area contributed by atoms with Gasteiger partial charge >= 0.3 is 6.03 Å². The monoisotopic (exact) mass is 612 g/mol. The fourth-order valence-electron chi connectivity index (χ4n) is 3.61. The number of amides is 4. The molecule has 1 saturated heterocycles. The van der Waals surface area contributed by atoms with Crippen LogP contribution < -0.4 is 19.7 Å². The van der Waals surface area contributed by atoms with E-state index in [0.29, 0.717) is 29.4 Å². The molecule has 0 aromatic heterocycles. The molecule has 4 rings (SSSR count). The van der Waals surface area contributed by atoms with E-state index >= 15 is 0 Å². The number of hydrogen-bond donors (Lipinski definition) is 1. The molecule has 0 spiro atoms. The summed E-state index contributed by atoms with van der Waals surface area (Å²) in [4.78, 5) is 39.2. The first-order chi connectivity index (χ1) is 17.2. The Morgan fingerprint density at radius 1 is 0.917 bits per heavy atom. The molecule has 1 aliphatic heterocycles. The van der Waals surface area contributed by atoms with Crippen LogP contribution in [0.15, 0.2) is 69.1 Å². The van der Waals surface area contributed by atoms with Gasteiger partial charge in [-0.25, -0.2) is 9.69 Å². The first-order valence-corrected chi connectivity index (χ1v) is 12.5. The average molecular weight is 614 g/mol. The van der Waals surface area contributed by atoms with Crippen LogP contribution in [0.5, 0.6) is 11.5 Å². The van der Waals surface area contributed by atoms with E-state index in [0.717, 1.165) is 30.5 Å². The highest BCUT2D eigenvalue weighted by Gasteiger charge is 2.37. The smallest absolute Gasteiger partial charge is 0.335 e. The number of hydrogen-bond acceptors (Lipinski definition) is 5. The van der Waals surface area contributed by atoms with Crippen LogP contribution in [0, 0.1) is 13.8 Å². The standard InChI is InChI=1S/C27H22Br2N2O5/c1-15-4-8-20(10-16(15)2)31-26(33)21(25(32)30-27(31)34)11-17-5-9-23(24(12-17)35-3)36-14-18-6-7-19(28)13-22(18)29/h4-13H,14H2,1-3H3,(H,30,32,34)/b21-11+. The van der Waals surface area contributed by atoms with Gasteiger partial charge in [0.15, 0.2) is 11.5 Å². The van der Waals surface area contributed by atoms with Crippen molar-refractivity contribution >= 4 is 61.5 Å². The molecule has 0 saturated carbocycles. The Morgan fingerprint density at radius 3 is 2.39 bits per heavy atom. The summed E-state index contributed by atoms with van der Waals surface area (Å²) in [6.07, 6.45) is 1.43. The summed E-state index contributed by atoms with van der Waals surface area (Å²) >= 11 is 6.95. The number of rotatable bonds is 6. The number of carbonyl (C=O) groups is 3. The number of nitrogens with zero attached hydrogens (tertiary/aromatic N) is 1. The number of methoxy groups -OCH3 is 1. The van der Waals surface area contributed by atoms with Crippen molar-refractivity contribution in [2.75, 3.05) is 12.0 Å². The number of nitrogens with one attached hydrogen (secondary N) is 1. The van der Waals surface area contributed by atoms with Gasteiger partial charge in [-0.15, -0.1) is 0 Å². The summed E-state index contributed by atoms with van der Waals surface area (Å²) in [5.74, 6) is -0.528. The summed E-state index contributed by atoms with van der Waals surface area (Å²) in [5.41, 5.74) is 3.66. The molecule has 184 valence electrons. The average Bonchev–Trinajstić information content (AvgIpc) is 2.83. The van der Waals surface area contributed by atoms with Crippen molar-refractivity contribution in [2.45, 2.75) is 20.5 Å². The van der Waals surface area contributed by atoms with E-state index < -0.39 is 17.8 Å². The third kappa shape index (κ3) is 5.37. The largest absolute Gasteiger partial charge is 0.493 e. The number of carbonyl (C=O) groups excluding carboxylic acids is 3. The van der Waals surface area contributed by atoms with E-state index in [2.05, 4.69) is 37.2 Å². The molecule has 3 aromatic carbocycles. The molecule has 0 radical (unpaired) electrons. The summed E-state index contributed by atoms with van der Waals surface area (Å²) in [5, 5.41) is 2.25. The maximum Gasteiger partial charge on any atom is 0.335 e. The van der Waals surface area contributed by atoms with Crippen molar-refractivity contribution in [1.82, 2.24) is 5.32 Å². The highest BCUT2D eigenvalue weighted by molar-refractivity contribution is 9.11. The number of anilines is 1. The third-order valence-electron chi connectivity index (χ3n) is 5.75. The topological polar surface area (TPSA) is 84.9 Å². The summed E-state index contributed by atoms with van der Waals surface area (Å²) < 4.78 is 13.3. The molecule has 0 unspecified atom stereocenters. The van der Waals surface area contributed by atoms with Gasteiger partial charge in [0.2, 0.25) is 0 Å². The van der Waals surface area contributed by atoms with E-state index in [1.54, 1.807) is 30.3 Å². The fraction of sp³-hybridized carbons (Fsp3) is 0.148. The molecule has 1 heterocycles. The molecule has 7 nitrogen and oxygen atoms in total. The predicted octanol–water partition coefficient (Wildman–Crippen LogP) is 6.08. The lowest BCUT2D eigenvalue weighted by molar-refractivity contribution is -0.122. The molecule has 1 N–H and O–H groups in total. The Balaban J connectivity index is 1.60. The van der Waals surface area contributed by atoms with Crippen LogP contribution in [0.3, 0.4) is 0 Å².